The number of nitrogens with zero attached hydrogens (tertiary/aromatic N) is 1. The van der Waals surface area contributed by atoms with E-state index in [0.29, 0.717) is 28.8 Å². The lowest BCUT2D eigenvalue weighted by atomic mass is 10.1. The standard InChI is InChI=1S/C20H23ClN2O3/c1-5-26-18-9-7-6-8-17(18)22-19(25)12-23(15(4)24)20-14(3)10-13(2)11-16(20)21/h6-11H,5,12H2,1-4H3,(H,22,25). The maximum absolute atomic E-state index is 12.5. The van der Waals surface area contributed by atoms with Crippen molar-refractivity contribution in [2.75, 3.05) is 23.4 Å². The van der Waals surface area contributed by atoms with Crippen molar-refractivity contribution in [3.8, 4) is 5.75 Å². The summed E-state index contributed by atoms with van der Waals surface area (Å²) in [5, 5.41) is 3.24. The van der Waals surface area contributed by atoms with Gasteiger partial charge in [-0.2, -0.15) is 0 Å². The number of hydrogen-bond donors (Lipinski definition) is 1. The van der Waals surface area contributed by atoms with Gasteiger partial charge in [-0.05, 0) is 50.1 Å². The number of anilines is 2. The van der Waals surface area contributed by atoms with Crippen molar-refractivity contribution in [2.24, 2.45) is 0 Å². The van der Waals surface area contributed by atoms with Gasteiger partial charge < -0.3 is 15.0 Å². The first-order valence-electron chi connectivity index (χ1n) is 8.40. The second kappa shape index (κ2) is 8.72. The summed E-state index contributed by atoms with van der Waals surface area (Å²) in [5.41, 5.74) is 2.95. The molecule has 2 amide bonds. The highest BCUT2D eigenvalue weighted by molar-refractivity contribution is 6.34. The van der Waals surface area contributed by atoms with Crippen LogP contribution in [-0.2, 0) is 9.59 Å². The van der Waals surface area contributed by atoms with Gasteiger partial charge in [0, 0.05) is 6.92 Å². The van der Waals surface area contributed by atoms with Gasteiger partial charge in [0.2, 0.25) is 11.8 Å². The molecule has 0 spiro atoms. The molecule has 1 N–H and O–H groups in total. The van der Waals surface area contributed by atoms with Gasteiger partial charge in [0.15, 0.2) is 0 Å². The molecule has 0 bridgehead atoms. The molecule has 0 unspecified atom stereocenters. The fourth-order valence-electron chi connectivity index (χ4n) is 2.78. The van der Waals surface area contributed by atoms with Crippen LogP contribution in [0.3, 0.4) is 0 Å². The summed E-state index contributed by atoms with van der Waals surface area (Å²) in [6, 6.07) is 10.9. The Balaban J connectivity index is 2.24. The first kappa shape index (κ1) is 19.8. The number of nitrogens with one attached hydrogen (secondary N) is 1. The Hall–Kier alpha value is -2.53. The molecular weight excluding hydrogens is 352 g/mol. The number of aryl methyl sites for hydroxylation is 2. The van der Waals surface area contributed by atoms with Gasteiger partial charge in [-0.3, -0.25) is 9.59 Å². The SMILES string of the molecule is CCOc1ccccc1NC(=O)CN(C(C)=O)c1c(C)cc(C)cc1Cl. The molecule has 0 aromatic heterocycles. The number of hydrogen-bond acceptors (Lipinski definition) is 3. The normalized spacial score (nSPS) is 10.3. The predicted octanol–water partition coefficient (Wildman–Crippen LogP) is 4.35. The van der Waals surface area contributed by atoms with Crippen LogP contribution in [0.15, 0.2) is 36.4 Å². The van der Waals surface area contributed by atoms with Crippen LogP contribution in [0, 0.1) is 13.8 Å². The number of carbonyl (C=O) groups excluding carboxylic acids is 2. The maximum atomic E-state index is 12.5. The molecule has 0 saturated carbocycles. The number of para-hydroxylation sites is 2. The van der Waals surface area contributed by atoms with Gasteiger partial charge in [-0.15, -0.1) is 0 Å². The highest BCUT2D eigenvalue weighted by Gasteiger charge is 2.21. The van der Waals surface area contributed by atoms with Crippen LogP contribution in [0.1, 0.15) is 25.0 Å². The number of benzene rings is 2. The lowest BCUT2D eigenvalue weighted by Gasteiger charge is -2.24. The van der Waals surface area contributed by atoms with Crippen molar-refractivity contribution in [3.63, 3.8) is 0 Å². The molecule has 0 radical (unpaired) electrons. The Bertz CT molecular complexity index is 797. The van der Waals surface area contributed by atoms with Crippen molar-refractivity contribution < 1.29 is 14.3 Å². The van der Waals surface area contributed by atoms with Crippen molar-refractivity contribution >= 4 is 34.8 Å². The average molecular weight is 375 g/mol. The van der Waals surface area contributed by atoms with E-state index in [1.165, 1.54) is 11.8 Å². The Morgan fingerprint density at radius 1 is 1.19 bits per heavy atom. The molecule has 0 atom stereocenters. The van der Waals surface area contributed by atoms with Crippen LogP contribution in [-0.4, -0.2) is 25.0 Å². The molecule has 0 aliphatic carbocycles. The van der Waals surface area contributed by atoms with E-state index in [-0.39, 0.29) is 18.4 Å². The first-order chi connectivity index (χ1) is 12.3. The molecule has 0 fully saturated rings. The smallest absolute Gasteiger partial charge is 0.244 e. The predicted molar refractivity (Wildman–Crippen MR) is 105 cm³/mol. The zero-order valence-corrected chi connectivity index (χ0v) is 16.2. The molecule has 0 saturated heterocycles. The fourth-order valence-corrected chi connectivity index (χ4v) is 3.21. The highest BCUT2D eigenvalue weighted by Crippen LogP contribution is 2.31. The number of ether oxygens (including phenoxy) is 1. The summed E-state index contributed by atoms with van der Waals surface area (Å²) in [6.07, 6.45) is 0. The molecule has 0 aliphatic heterocycles. The van der Waals surface area contributed by atoms with Gasteiger partial charge >= 0.3 is 0 Å². The molecule has 2 aromatic carbocycles. The highest BCUT2D eigenvalue weighted by atomic mass is 35.5. The molecule has 2 aromatic rings. The van der Waals surface area contributed by atoms with Crippen LogP contribution in [0.25, 0.3) is 0 Å². The molecule has 26 heavy (non-hydrogen) atoms. The Kier molecular flexibility index (Phi) is 6.64. The summed E-state index contributed by atoms with van der Waals surface area (Å²) in [5.74, 6) is -0.00207. The first-order valence-corrected chi connectivity index (χ1v) is 8.77. The van der Waals surface area contributed by atoms with Crippen LogP contribution in [0.4, 0.5) is 11.4 Å². The van der Waals surface area contributed by atoms with Crippen LogP contribution < -0.4 is 15.0 Å². The van der Waals surface area contributed by atoms with Crippen LogP contribution >= 0.6 is 11.6 Å². The number of rotatable bonds is 6. The third kappa shape index (κ3) is 4.76. The quantitative estimate of drug-likeness (QED) is 0.817. The summed E-state index contributed by atoms with van der Waals surface area (Å²) >= 11 is 6.34. The van der Waals surface area contributed by atoms with Crippen LogP contribution in [0.5, 0.6) is 5.75 Å². The summed E-state index contributed by atoms with van der Waals surface area (Å²) in [4.78, 5) is 26.1. The lowest BCUT2D eigenvalue weighted by Crippen LogP contribution is -2.37. The zero-order valence-electron chi connectivity index (χ0n) is 15.4. The topological polar surface area (TPSA) is 58.6 Å². The second-order valence-corrected chi connectivity index (χ2v) is 6.40. The van der Waals surface area contributed by atoms with E-state index >= 15 is 0 Å². The van der Waals surface area contributed by atoms with Gasteiger partial charge in [-0.25, -0.2) is 0 Å². The van der Waals surface area contributed by atoms with E-state index in [9.17, 15) is 9.59 Å². The fraction of sp³-hybridized carbons (Fsp3) is 0.300. The van der Waals surface area contributed by atoms with Crippen molar-refractivity contribution in [1.82, 2.24) is 0 Å². The summed E-state index contributed by atoms with van der Waals surface area (Å²) in [7, 11) is 0. The Labute approximate surface area is 158 Å². The van der Waals surface area contributed by atoms with Gasteiger partial charge in [0.25, 0.3) is 0 Å². The van der Waals surface area contributed by atoms with Crippen molar-refractivity contribution in [3.05, 3.63) is 52.5 Å². The summed E-state index contributed by atoms with van der Waals surface area (Å²) in [6.45, 7) is 7.43. The average Bonchev–Trinajstić information content (AvgIpc) is 2.55. The minimum Gasteiger partial charge on any atom is -0.492 e. The van der Waals surface area contributed by atoms with Gasteiger partial charge in [-0.1, -0.05) is 29.8 Å². The van der Waals surface area contributed by atoms with Crippen LogP contribution in [0.2, 0.25) is 5.02 Å². The van der Waals surface area contributed by atoms with E-state index in [4.69, 9.17) is 16.3 Å². The molecule has 2 rings (SSSR count). The molecule has 5 nitrogen and oxygen atoms in total. The third-order valence-electron chi connectivity index (χ3n) is 3.81. The van der Waals surface area contributed by atoms with E-state index in [2.05, 4.69) is 5.32 Å². The minimum atomic E-state index is -0.330. The largest absolute Gasteiger partial charge is 0.492 e. The van der Waals surface area contributed by atoms with Gasteiger partial charge in [0.1, 0.15) is 12.3 Å². The molecule has 138 valence electrons. The molecule has 6 heteroatoms. The Morgan fingerprint density at radius 3 is 2.50 bits per heavy atom. The molecule has 0 aliphatic rings. The monoisotopic (exact) mass is 374 g/mol. The van der Waals surface area contributed by atoms with E-state index in [0.717, 1.165) is 11.1 Å². The Morgan fingerprint density at radius 2 is 1.88 bits per heavy atom. The van der Waals surface area contributed by atoms with Crippen molar-refractivity contribution in [1.29, 1.82) is 0 Å². The number of carbonyl (C=O) groups is 2. The summed E-state index contributed by atoms with van der Waals surface area (Å²) < 4.78 is 5.51. The van der Waals surface area contributed by atoms with Gasteiger partial charge in [0.05, 0.1) is 23.0 Å². The second-order valence-electron chi connectivity index (χ2n) is 5.99. The zero-order chi connectivity index (χ0) is 19.3. The molecular formula is C20H23ClN2O3. The van der Waals surface area contributed by atoms with E-state index < -0.39 is 0 Å². The maximum Gasteiger partial charge on any atom is 0.244 e. The third-order valence-corrected chi connectivity index (χ3v) is 4.10. The number of halogens is 1. The lowest BCUT2D eigenvalue weighted by molar-refractivity contribution is -0.120. The van der Waals surface area contributed by atoms with E-state index in [1.807, 2.05) is 39.0 Å². The van der Waals surface area contributed by atoms with Crippen molar-refractivity contribution in [2.45, 2.75) is 27.7 Å². The van der Waals surface area contributed by atoms with E-state index in [1.54, 1.807) is 18.2 Å². The molecule has 0 heterocycles. The minimum absolute atomic E-state index is 0.139. The number of amides is 2.